The van der Waals surface area contributed by atoms with E-state index in [-0.39, 0.29) is 6.42 Å². The van der Waals surface area contributed by atoms with Crippen molar-refractivity contribution in [2.75, 3.05) is 0 Å². The van der Waals surface area contributed by atoms with Crippen LogP contribution in [0.5, 0.6) is 0 Å². The van der Waals surface area contributed by atoms with E-state index in [1.165, 1.54) is 0 Å². The summed E-state index contributed by atoms with van der Waals surface area (Å²) in [7, 11) is 0. The first-order valence-corrected chi connectivity index (χ1v) is 4.83. The van der Waals surface area contributed by atoms with Crippen molar-refractivity contribution in [3.63, 3.8) is 0 Å². The third-order valence-electron chi connectivity index (χ3n) is 1.63. The standard InChI is InChI=1S/C9H9IO3/c10-7-3-1-6(2-4-7)5-8(11)9(12)13/h1-4,8,11H,5H2,(H,12,13)/t8-/m0/s1. The van der Waals surface area contributed by atoms with E-state index in [0.29, 0.717) is 0 Å². The van der Waals surface area contributed by atoms with E-state index in [4.69, 9.17) is 10.2 Å². The van der Waals surface area contributed by atoms with E-state index < -0.39 is 12.1 Å². The largest absolute Gasteiger partial charge is 0.479 e. The van der Waals surface area contributed by atoms with Gasteiger partial charge in [-0.25, -0.2) is 4.79 Å². The predicted octanol–water partition coefficient (Wildman–Crippen LogP) is 1.28. The molecular weight excluding hydrogens is 283 g/mol. The van der Waals surface area contributed by atoms with E-state index >= 15 is 0 Å². The Morgan fingerprint density at radius 2 is 1.92 bits per heavy atom. The van der Waals surface area contributed by atoms with E-state index in [1.54, 1.807) is 0 Å². The summed E-state index contributed by atoms with van der Waals surface area (Å²) in [6.07, 6.45) is -1.15. The maximum absolute atomic E-state index is 10.3. The summed E-state index contributed by atoms with van der Waals surface area (Å²) in [6.45, 7) is 0. The highest BCUT2D eigenvalue weighted by Gasteiger charge is 2.12. The first-order valence-electron chi connectivity index (χ1n) is 3.75. The SMILES string of the molecule is O=C(O)[C@@H](O)Cc1ccc(I)cc1. The fourth-order valence-electron chi connectivity index (χ4n) is 0.931. The lowest BCUT2D eigenvalue weighted by Crippen LogP contribution is -2.21. The van der Waals surface area contributed by atoms with E-state index in [1.807, 2.05) is 24.3 Å². The van der Waals surface area contributed by atoms with Gasteiger partial charge in [0.25, 0.3) is 0 Å². The highest BCUT2D eigenvalue weighted by Crippen LogP contribution is 2.08. The number of hydrogen-bond donors (Lipinski definition) is 2. The van der Waals surface area contributed by atoms with Crippen LogP contribution in [0.3, 0.4) is 0 Å². The molecule has 4 heteroatoms. The zero-order chi connectivity index (χ0) is 9.84. The van der Waals surface area contributed by atoms with Crippen LogP contribution in [0.4, 0.5) is 0 Å². The molecule has 0 aromatic heterocycles. The molecular formula is C9H9IO3. The second kappa shape index (κ2) is 4.57. The zero-order valence-electron chi connectivity index (χ0n) is 6.77. The number of aliphatic hydroxyl groups is 1. The number of hydrogen-bond acceptors (Lipinski definition) is 2. The van der Waals surface area contributed by atoms with Gasteiger partial charge in [-0.15, -0.1) is 0 Å². The fourth-order valence-corrected chi connectivity index (χ4v) is 1.29. The summed E-state index contributed by atoms with van der Waals surface area (Å²) >= 11 is 2.16. The summed E-state index contributed by atoms with van der Waals surface area (Å²) < 4.78 is 1.09. The Morgan fingerprint density at radius 1 is 1.38 bits per heavy atom. The average molecular weight is 292 g/mol. The van der Waals surface area contributed by atoms with Gasteiger partial charge in [0.1, 0.15) is 0 Å². The molecule has 70 valence electrons. The van der Waals surface area contributed by atoms with E-state index in [0.717, 1.165) is 9.13 Å². The molecule has 1 rings (SSSR count). The second-order valence-corrected chi connectivity index (χ2v) is 3.93. The molecule has 3 nitrogen and oxygen atoms in total. The Morgan fingerprint density at radius 3 is 2.38 bits per heavy atom. The Bertz CT molecular complexity index is 294. The van der Waals surface area contributed by atoms with Crippen molar-refractivity contribution in [2.45, 2.75) is 12.5 Å². The number of benzene rings is 1. The molecule has 2 N–H and O–H groups in total. The van der Waals surface area contributed by atoms with Crippen LogP contribution in [0, 0.1) is 3.57 Å². The van der Waals surface area contributed by atoms with Gasteiger partial charge in [0.2, 0.25) is 0 Å². The summed E-state index contributed by atoms with van der Waals surface area (Å²) in [4.78, 5) is 10.3. The topological polar surface area (TPSA) is 57.5 Å². The molecule has 0 unspecified atom stereocenters. The number of rotatable bonds is 3. The molecule has 0 bridgehead atoms. The first-order chi connectivity index (χ1) is 6.09. The van der Waals surface area contributed by atoms with Crippen LogP contribution >= 0.6 is 22.6 Å². The Hall–Kier alpha value is -0.620. The molecule has 0 aliphatic heterocycles. The zero-order valence-corrected chi connectivity index (χ0v) is 8.93. The van der Waals surface area contributed by atoms with Gasteiger partial charge in [-0.05, 0) is 40.3 Å². The van der Waals surface area contributed by atoms with Crippen LogP contribution in [0.1, 0.15) is 5.56 Å². The van der Waals surface area contributed by atoms with Crippen LogP contribution in [0.2, 0.25) is 0 Å². The van der Waals surface area contributed by atoms with Gasteiger partial charge in [0, 0.05) is 9.99 Å². The molecule has 0 heterocycles. The minimum absolute atomic E-state index is 0.159. The van der Waals surface area contributed by atoms with Crippen LogP contribution in [-0.2, 0) is 11.2 Å². The molecule has 1 aromatic carbocycles. The summed E-state index contributed by atoms with van der Waals surface area (Å²) in [5.74, 6) is -1.18. The summed E-state index contributed by atoms with van der Waals surface area (Å²) in [5, 5.41) is 17.5. The molecule has 0 amide bonds. The molecule has 0 aliphatic rings. The van der Waals surface area contributed by atoms with Crippen molar-refractivity contribution in [2.24, 2.45) is 0 Å². The molecule has 0 aliphatic carbocycles. The normalized spacial score (nSPS) is 12.5. The number of aliphatic carboxylic acids is 1. The van der Waals surface area contributed by atoms with Gasteiger partial charge < -0.3 is 10.2 Å². The van der Waals surface area contributed by atoms with Crippen LogP contribution in [-0.4, -0.2) is 22.3 Å². The van der Waals surface area contributed by atoms with Crippen LogP contribution < -0.4 is 0 Å². The van der Waals surface area contributed by atoms with E-state index in [9.17, 15) is 4.79 Å². The maximum Gasteiger partial charge on any atom is 0.332 e. The van der Waals surface area contributed by atoms with Crippen LogP contribution in [0.15, 0.2) is 24.3 Å². The third-order valence-corrected chi connectivity index (χ3v) is 2.35. The lowest BCUT2D eigenvalue weighted by Gasteiger charge is -2.04. The predicted molar refractivity (Wildman–Crippen MR) is 56.5 cm³/mol. The molecule has 0 saturated carbocycles. The molecule has 1 atom stereocenters. The highest BCUT2D eigenvalue weighted by molar-refractivity contribution is 14.1. The number of carboxylic acids is 1. The first kappa shape index (κ1) is 10.5. The molecule has 13 heavy (non-hydrogen) atoms. The summed E-state index contributed by atoms with van der Waals surface area (Å²) in [5.41, 5.74) is 0.829. The van der Waals surface area contributed by atoms with E-state index in [2.05, 4.69) is 22.6 Å². The Balaban J connectivity index is 2.64. The minimum atomic E-state index is -1.31. The van der Waals surface area contributed by atoms with Gasteiger partial charge >= 0.3 is 5.97 Å². The van der Waals surface area contributed by atoms with Crippen molar-refractivity contribution in [1.82, 2.24) is 0 Å². The number of carbonyl (C=O) groups is 1. The van der Waals surface area contributed by atoms with Gasteiger partial charge in [-0.1, -0.05) is 12.1 Å². The lowest BCUT2D eigenvalue weighted by atomic mass is 10.1. The third kappa shape index (κ3) is 3.31. The van der Waals surface area contributed by atoms with Crippen molar-refractivity contribution in [1.29, 1.82) is 0 Å². The monoisotopic (exact) mass is 292 g/mol. The van der Waals surface area contributed by atoms with Crippen molar-refractivity contribution in [3.8, 4) is 0 Å². The maximum atomic E-state index is 10.3. The number of carboxylic acid groups (broad SMARTS) is 1. The molecule has 0 radical (unpaired) electrons. The molecule has 0 spiro atoms. The Kier molecular flexibility index (Phi) is 3.68. The van der Waals surface area contributed by atoms with Crippen molar-refractivity contribution >= 4 is 28.6 Å². The average Bonchev–Trinajstić information content (AvgIpc) is 2.08. The van der Waals surface area contributed by atoms with Gasteiger partial charge in [0.05, 0.1) is 0 Å². The smallest absolute Gasteiger partial charge is 0.332 e. The number of halogens is 1. The summed E-state index contributed by atoms with van der Waals surface area (Å²) in [6, 6.07) is 7.39. The molecule has 0 saturated heterocycles. The van der Waals surface area contributed by atoms with Gasteiger partial charge in [-0.3, -0.25) is 0 Å². The number of aliphatic hydroxyl groups excluding tert-OH is 1. The van der Waals surface area contributed by atoms with Crippen molar-refractivity contribution < 1.29 is 15.0 Å². The van der Waals surface area contributed by atoms with Crippen molar-refractivity contribution in [3.05, 3.63) is 33.4 Å². The van der Waals surface area contributed by atoms with Gasteiger partial charge in [0.15, 0.2) is 6.10 Å². The second-order valence-electron chi connectivity index (χ2n) is 2.68. The van der Waals surface area contributed by atoms with Gasteiger partial charge in [-0.2, -0.15) is 0 Å². The molecule has 0 fully saturated rings. The highest BCUT2D eigenvalue weighted by atomic mass is 127. The fraction of sp³-hybridized carbons (Fsp3) is 0.222. The lowest BCUT2D eigenvalue weighted by molar-refractivity contribution is -0.146. The Labute approximate surface area is 89.5 Å². The minimum Gasteiger partial charge on any atom is -0.479 e. The van der Waals surface area contributed by atoms with Crippen LogP contribution in [0.25, 0.3) is 0 Å². The quantitative estimate of drug-likeness (QED) is 0.825. The molecule has 1 aromatic rings.